The Bertz CT molecular complexity index is 1310. The maximum Gasteiger partial charge on any atom is 0.269 e. The standard InChI is InChI=1S/C26H25N5O3S/c1-18-7-6-10-21(15-18)24-28-30-26(31(24)16-19-8-4-3-5-9-19)35-17-23(32)27-29-25(33)20-11-13-22(34-2)14-12-20/h3-15H,16-17H2,1-2H3,(H,27,32)(H,29,33). The molecule has 4 rings (SSSR count). The van der Waals surface area contributed by atoms with E-state index in [4.69, 9.17) is 4.74 Å². The van der Waals surface area contributed by atoms with Crippen molar-refractivity contribution in [1.29, 1.82) is 0 Å². The zero-order chi connectivity index (χ0) is 24.6. The summed E-state index contributed by atoms with van der Waals surface area (Å²) in [5, 5.41) is 9.37. The van der Waals surface area contributed by atoms with Gasteiger partial charge in [0.05, 0.1) is 19.4 Å². The number of amides is 2. The van der Waals surface area contributed by atoms with E-state index in [2.05, 4.69) is 27.1 Å². The molecule has 0 saturated heterocycles. The molecule has 0 saturated carbocycles. The summed E-state index contributed by atoms with van der Waals surface area (Å²) < 4.78 is 7.08. The Balaban J connectivity index is 1.43. The number of benzene rings is 3. The molecule has 0 bridgehead atoms. The van der Waals surface area contributed by atoms with Crippen LogP contribution in [0.3, 0.4) is 0 Å². The van der Waals surface area contributed by atoms with Crippen molar-refractivity contribution in [1.82, 2.24) is 25.6 Å². The molecule has 0 aliphatic rings. The lowest BCUT2D eigenvalue weighted by Crippen LogP contribution is -2.42. The Morgan fingerprint density at radius 1 is 0.943 bits per heavy atom. The molecule has 1 heterocycles. The molecule has 9 heteroatoms. The van der Waals surface area contributed by atoms with Crippen LogP contribution in [-0.2, 0) is 11.3 Å². The Morgan fingerprint density at radius 3 is 2.43 bits per heavy atom. The molecule has 3 aromatic carbocycles. The Hall–Kier alpha value is -4.11. The van der Waals surface area contributed by atoms with E-state index in [1.807, 2.05) is 60.0 Å². The van der Waals surface area contributed by atoms with E-state index in [0.29, 0.717) is 23.0 Å². The van der Waals surface area contributed by atoms with Gasteiger partial charge >= 0.3 is 0 Å². The van der Waals surface area contributed by atoms with Crippen molar-refractivity contribution in [3.63, 3.8) is 0 Å². The summed E-state index contributed by atoms with van der Waals surface area (Å²) in [4.78, 5) is 24.7. The fourth-order valence-electron chi connectivity index (χ4n) is 3.41. The monoisotopic (exact) mass is 487 g/mol. The average Bonchev–Trinajstić information content (AvgIpc) is 3.29. The first-order valence-electron chi connectivity index (χ1n) is 10.9. The molecular formula is C26H25N5O3S. The average molecular weight is 488 g/mol. The lowest BCUT2D eigenvalue weighted by molar-refractivity contribution is -0.119. The normalized spacial score (nSPS) is 10.6. The number of aryl methyl sites for hydroxylation is 1. The molecule has 2 amide bonds. The summed E-state index contributed by atoms with van der Waals surface area (Å²) in [6, 6.07) is 24.7. The minimum atomic E-state index is -0.417. The van der Waals surface area contributed by atoms with E-state index in [1.54, 1.807) is 31.4 Å². The van der Waals surface area contributed by atoms with E-state index >= 15 is 0 Å². The number of carbonyl (C=O) groups excluding carboxylic acids is 2. The first-order chi connectivity index (χ1) is 17.0. The third kappa shape index (κ3) is 6.27. The first-order valence-corrected chi connectivity index (χ1v) is 11.9. The smallest absolute Gasteiger partial charge is 0.269 e. The van der Waals surface area contributed by atoms with Crippen LogP contribution in [-0.4, -0.2) is 39.4 Å². The van der Waals surface area contributed by atoms with Crippen LogP contribution >= 0.6 is 11.8 Å². The van der Waals surface area contributed by atoms with Gasteiger partial charge in [0.2, 0.25) is 5.91 Å². The number of rotatable bonds is 8. The number of nitrogens with one attached hydrogen (secondary N) is 2. The minimum Gasteiger partial charge on any atom is -0.497 e. The van der Waals surface area contributed by atoms with Gasteiger partial charge in [-0.15, -0.1) is 10.2 Å². The van der Waals surface area contributed by atoms with Crippen LogP contribution in [0.4, 0.5) is 0 Å². The van der Waals surface area contributed by atoms with Gasteiger partial charge in [-0.2, -0.15) is 0 Å². The number of methoxy groups -OCH3 is 1. The summed E-state index contributed by atoms with van der Waals surface area (Å²) in [6.07, 6.45) is 0. The summed E-state index contributed by atoms with van der Waals surface area (Å²) in [5.41, 5.74) is 8.46. The number of hydrogen-bond donors (Lipinski definition) is 2. The third-order valence-corrected chi connectivity index (χ3v) is 6.14. The fraction of sp³-hybridized carbons (Fsp3) is 0.154. The van der Waals surface area contributed by atoms with E-state index < -0.39 is 5.91 Å². The molecule has 0 radical (unpaired) electrons. The molecule has 1 aromatic heterocycles. The van der Waals surface area contributed by atoms with Crippen LogP contribution < -0.4 is 15.6 Å². The highest BCUT2D eigenvalue weighted by Gasteiger charge is 2.17. The Labute approximate surface area is 207 Å². The molecule has 4 aromatic rings. The summed E-state index contributed by atoms with van der Waals surface area (Å²) in [7, 11) is 1.55. The van der Waals surface area contributed by atoms with Gasteiger partial charge in [-0.3, -0.25) is 25.0 Å². The quantitative estimate of drug-likeness (QED) is 0.289. The van der Waals surface area contributed by atoms with Gasteiger partial charge in [0, 0.05) is 11.1 Å². The first kappa shape index (κ1) is 24.0. The molecule has 2 N–H and O–H groups in total. The highest BCUT2D eigenvalue weighted by atomic mass is 32.2. The molecular weight excluding hydrogens is 462 g/mol. The number of hydrazine groups is 1. The zero-order valence-electron chi connectivity index (χ0n) is 19.4. The molecule has 8 nitrogen and oxygen atoms in total. The van der Waals surface area contributed by atoms with E-state index in [0.717, 1.165) is 22.5 Å². The van der Waals surface area contributed by atoms with Gasteiger partial charge in [0.1, 0.15) is 5.75 Å². The SMILES string of the molecule is COc1ccc(C(=O)NNC(=O)CSc2nnc(-c3cccc(C)c3)n2Cc2ccccc2)cc1. The van der Waals surface area contributed by atoms with Crippen molar-refractivity contribution in [2.45, 2.75) is 18.6 Å². The fourth-order valence-corrected chi connectivity index (χ4v) is 4.15. The zero-order valence-corrected chi connectivity index (χ0v) is 20.2. The van der Waals surface area contributed by atoms with Crippen molar-refractivity contribution >= 4 is 23.6 Å². The van der Waals surface area contributed by atoms with E-state index in [9.17, 15) is 9.59 Å². The summed E-state index contributed by atoms with van der Waals surface area (Å²) >= 11 is 1.26. The van der Waals surface area contributed by atoms with Crippen LogP contribution in [0.25, 0.3) is 11.4 Å². The molecule has 35 heavy (non-hydrogen) atoms. The van der Waals surface area contributed by atoms with Crippen molar-refractivity contribution < 1.29 is 14.3 Å². The van der Waals surface area contributed by atoms with Gasteiger partial charge < -0.3 is 4.74 Å². The van der Waals surface area contributed by atoms with Crippen molar-refractivity contribution in [3.05, 3.63) is 95.6 Å². The Kier molecular flexibility index (Phi) is 7.79. The summed E-state index contributed by atoms with van der Waals surface area (Å²) in [5.74, 6) is 0.659. The van der Waals surface area contributed by atoms with Gasteiger partial charge in [-0.1, -0.05) is 65.9 Å². The molecule has 0 fully saturated rings. The Morgan fingerprint density at radius 2 is 1.71 bits per heavy atom. The number of hydrogen-bond acceptors (Lipinski definition) is 6. The summed E-state index contributed by atoms with van der Waals surface area (Å²) in [6.45, 7) is 2.59. The highest BCUT2D eigenvalue weighted by molar-refractivity contribution is 7.99. The number of thioether (sulfide) groups is 1. The van der Waals surface area contributed by atoms with Gasteiger partial charge in [-0.25, -0.2) is 0 Å². The van der Waals surface area contributed by atoms with Gasteiger partial charge in [-0.05, 0) is 42.8 Å². The molecule has 0 spiro atoms. The molecule has 0 aliphatic carbocycles. The molecule has 0 unspecified atom stereocenters. The lowest BCUT2D eigenvalue weighted by Gasteiger charge is -2.11. The minimum absolute atomic E-state index is 0.0592. The molecule has 0 atom stereocenters. The van der Waals surface area contributed by atoms with Gasteiger partial charge in [0.15, 0.2) is 11.0 Å². The van der Waals surface area contributed by atoms with Crippen molar-refractivity contribution in [2.24, 2.45) is 0 Å². The number of carbonyl (C=O) groups is 2. The number of ether oxygens (including phenoxy) is 1. The second-order valence-corrected chi connectivity index (χ2v) is 8.71. The van der Waals surface area contributed by atoms with Crippen LogP contribution in [0.5, 0.6) is 5.75 Å². The predicted molar refractivity (Wildman–Crippen MR) is 135 cm³/mol. The van der Waals surface area contributed by atoms with E-state index in [-0.39, 0.29) is 11.7 Å². The number of aromatic nitrogens is 3. The third-order valence-electron chi connectivity index (χ3n) is 5.18. The number of nitrogens with zero attached hydrogens (tertiary/aromatic N) is 3. The topological polar surface area (TPSA) is 98.1 Å². The predicted octanol–water partition coefficient (Wildman–Crippen LogP) is 3.86. The largest absolute Gasteiger partial charge is 0.497 e. The second-order valence-electron chi connectivity index (χ2n) is 7.77. The van der Waals surface area contributed by atoms with Crippen LogP contribution in [0.2, 0.25) is 0 Å². The van der Waals surface area contributed by atoms with Gasteiger partial charge in [0.25, 0.3) is 5.91 Å². The van der Waals surface area contributed by atoms with Crippen molar-refractivity contribution in [2.75, 3.05) is 12.9 Å². The van der Waals surface area contributed by atoms with Crippen LogP contribution in [0.1, 0.15) is 21.5 Å². The molecule has 178 valence electrons. The maximum absolute atomic E-state index is 12.4. The van der Waals surface area contributed by atoms with Crippen LogP contribution in [0.15, 0.2) is 84.0 Å². The van der Waals surface area contributed by atoms with E-state index in [1.165, 1.54) is 11.8 Å². The second kappa shape index (κ2) is 11.3. The lowest BCUT2D eigenvalue weighted by atomic mass is 10.1. The molecule has 0 aliphatic heterocycles. The highest BCUT2D eigenvalue weighted by Crippen LogP contribution is 2.25. The van der Waals surface area contributed by atoms with Crippen LogP contribution in [0, 0.1) is 6.92 Å². The maximum atomic E-state index is 12.4. The van der Waals surface area contributed by atoms with Crippen molar-refractivity contribution in [3.8, 4) is 17.1 Å².